The molecule has 0 radical (unpaired) electrons. The van der Waals surface area contributed by atoms with Gasteiger partial charge in [0, 0.05) is 30.2 Å². The van der Waals surface area contributed by atoms with E-state index < -0.39 is 10.0 Å². The number of halogens is 1. The van der Waals surface area contributed by atoms with Gasteiger partial charge in [-0.05, 0) is 46.7 Å². The van der Waals surface area contributed by atoms with E-state index in [-0.39, 0.29) is 36.3 Å². The zero-order valence-electron chi connectivity index (χ0n) is 16.6. The van der Waals surface area contributed by atoms with Crippen molar-refractivity contribution in [3.63, 3.8) is 0 Å². The Morgan fingerprint density at radius 3 is 2.52 bits per heavy atom. The van der Waals surface area contributed by atoms with Crippen molar-refractivity contribution in [2.24, 2.45) is 5.73 Å². The van der Waals surface area contributed by atoms with E-state index in [4.69, 9.17) is 22.7 Å². The quantitative estimate of drug-likeness (QED) is 0.454. The van der Waals surface area contributed by atoms with Crippen molar-refractivity contribution in [1.82, 2.24) is 9.21 Å². The summed E-state index contributed by atoms with van der Waals surface area (Å²) in [5.41, 5.74) is 6.95. The topological polar surface area (TPSA) is 108 Å². The molecule has 0 spiro atoms. The van der Waals surface area contributed by atoms with Crippen LogP contribution in [-0.4, -0.2) is 49.0 Å². The molecule has 3 aromatic carbocycles. The summed E-state index contributed by atoms with van der Waals surface area (Å²) in [4.78, 5) is 14.5. The van der Waals surface area contributed by atoms with Gasteiger partial charge in [-0.3, -0.25) is 10.2 Å². The minimum Gasteiger partial charge on any atom is -0.384 e. The third kappa shape index (κ3) is 4.41. The molecule has 1 aliphatic heterocycles. The number of nitrogens with zero attached hydrogens (tertiary/aromatic N) is 2. The van der Waals surface area contributed by atoms with Crippen LogP contribution >= 0.6 is 11.6 Å². The number of nitrogens with one attached hydrogen (secondary N) is 1. The lowest BCUT2D eigenvalue weighted by atomic mass is 10.1. The number of piperazine rings is 1. The predicted molar refractivity (Wildman–Crippen MR) is 121 cm³/mol. The zero-order chi connectivity index (χ0) is 22.2. The van der Waals surface area contributed by atoms with Gasteiger partial charge in [-0.25, -0.2) is 8.42 Å². The Balaban J connectivity index is 1.50. The summed E-state index contributed by atoms with van der Waals surface area (Å²) < 4.78 is 27.5. The van der Waals surface area contributed by atoms with E-state index in [9.17, 15) is 13.2 Å². The van der Waals surface area contributed by atoms with Gasteiger partial charge < -0.3 is 10.6 Å². The lowest BCUT2D eigenvalue weighted by Gasteiger charge is -2.33. The largest absolute Gasteiger partial charge is 0.384 e. The lowest BCUT2D eigenvalue weighted by molar-refractivity contribution is -0.134. The van der Waals surface area contributed by atoms with Gasteiger partial charge in [-0.1, -0.05) is 41.9 Å². The number of amidine groups is 1. The number of benzene rings is 3. The number of nitrogen functional groups attached to an aromatic ring is 1. The number of carbonyl (C=O) groups excluding carboxylic acids is 1. The van der Waals surface area contributed by atoms with Crippen LogP contribution in [0.4, 0.5) is 0 Å². The van der Waals surface area contributed by atoms with Crippen molar-refractivity contribution in [1.29, 1.82) is 5.41 Å². The molecule has 0 unspecified atom stereocenters. The van der Waals surface area contributed by atoms with Gasteiger partial charge in [0.25, 0.3) is 0 Å². The first-order valence-electron chi connectivity index (χ1n) is 9.64. The lowest BCUT2D eigenvalue weighted by Crippen LogP contribution is -2.51. The third-order valence-electron chi connectivity index (χ3n) is 5.31. The van der Waals surface area contributed by atoms with Crippen molar-refractivity contribution in [3.05, 3.63) is 76.8 Å². The van der Waals surface area contributed by atoms with Crippen LogP contribution in [0, 0.1) is 5.41 Å². The molecular weight excluding hydrogens is 436 g/mol. The third-order valence-corrected chi connectivity index (χ3v) is 7.38. The fourth-order valence-electron chi connectivity index (χ4n) is 3.62. The number of fused-ring (bicyclic) bond motifs is 1. The highest BCUT2D eigenvalue weighted by Crippen LogP contribution is 2.25. The van der Waals surface area contributed by atoms with Crippen LogP contribution in [0.2, 0.25) is 5.02 Å². The number of hydrogen-bond acceptors (Lipinski definition) is 4. The Kier molecular flexibility index (Phi) is 5.70. The molecular formula is C22H21ClN4O3S. The summed E-state index contributed by atoms with van der Waals surface area (Å²) in [5.74, 6) is -0.308. The molecule has 1 saturated heterocycles. The summed E-state index contributed by atoms with van der Waals surface area (Å²) in [5, 5.41) is 9.74. The van der Waals surface area contributed by atoms with Crippen molar-refractivity contribution < 1.29 is 13.2 Å². The second-order valence-corrected chi connectivity index (χ2v) is 9.80. The summed E-state index contributed by atoms with van der Waals surface area (Å²) in [6.07, 6.45) is 0. The van der Waals surface area contributed by atoms with E-state index in [0.717, 1.165) is 16.3 Å². The molecule has 0 aromatic heterocycles. The average molecular weight is 457 g/mol. The molecule has 1 aliphatic rings. The molecule has 1 amide bonds. The van der Waals surface area contributed by atoms with Gasteiger partial charge in [0.15, 0.2) is 0 Å². The Morgan fingerprint density at radius 1 is 1.03 bits per heavy atom. The highest BCUT2D eigenvalue weighted by molar-refractivity contribution is 7.89. The number of rotatable bonds is 5. The fraction of sp³-hybridized carbons (Fsp3) is 0.182. The number of hydrogen-bond donors (Lipinski definition) is 2. The fourth-order valence-corrected chi connectivity index (χ4v) is 5.22. The van der Waals surface area contributed by atoms with Crippen LogP contribution in [0.1, 0.15) is 11.1 Å². The summed E-state index contributed by atoms with van der Waals surface area (Å²) in [6, 6.07) is 17.2. The monoisotopic (exact) mass is 456 g/mol. The molecule has 3 N–H and O–H groups in total. The van der Waals surface area contributed by atoms with E-state index in [2.05, 4.69) is 0 Å². The minimum absolute atomic E-state index is 0.0401. The maximum atomic E-state index is 13.1. The first-order chi connectivity index (χ1) is 14.7. The maximum Gasteiger partial charge on any atom is 0.243 e. The first kappa shape index (κ1) is 21.3. The van der Waals surface area contributed by atoms with Gasteiger partial charge in [-0.2, -0.15) is 4.31 Å². The Hall–Kier alpha value is -2.94. The predicted octanol–water partition coefficient (Wildman–Crippen LogP) is 2.81. The van der Waals surface area contributed by atoms with Crippen LogP contribution < -0.4 is 5.73 Å². The number of carbonyl (C=O) groups is 1. The molecule has 0 saturated carbocycles. The molecule has 4 rings (SSSR count). The zero-order valence-corrected chi connectivity index (χ0v) is 18.2. The molecule has 0 aliphatic carbocycles. The van der Waals surface area contributed by atoms with Gasteiger partial charge in [0.05, 0.1) is 11.4 Å². The molecule has 1 heterocycles. The van der Waals surface area contributed by atoms with E-state index in [1.165, 1.54) is 10.4 Å². The van der Waals surface area contributed by atoms with Crippen LogP contribution in [0.3, 0.4) is 0 Å². The molecule has 9 heteroatoms. The molecule has 0 bridgehead atoms. The molecule has 1 fully saturated rings. The molecule has 31 heavy (non-hydrogen) atoms. The standard InChI is InChI=1S/C22H21ClN4O3S/c23-19-6-4-17-12-20(7-5-16(17)11-19)31(29,30)27-9-8-26(21(28)14-27)13-15-2-1-3-18(10-15)22(24)25/h1-7,10-12H,8-9,13-14H2,(H3,24,25). The van der Waals surface area contributed by atoms with Gasteiger partial charge in [0.2, 0.25) is 15.9 Å². The Bertz CT molecular complexity index is 1290. The molecule has 3 aromatic rings. The summed E-state index contributed by atoms with van der Waals surface area (Å²) >= 11 is 6.00. The van der Waals surface area contributed by atoms with Gasteiger partial charge >= 0.3 is 0 Å². The van der Waals surface area contributed by atoms with E-state index in [0.29, 0.717) is 17.1 Å². The van der Waals surface area contributed by atoms with E-state index in [1.54, 1.807) is 53.4 Å². The van der Waals surface area contributed by atoms with E-state index >= 15 is 0 Å². The van der Waals surface area contributed by atoms with Crippen LogP contribution in [0.15, 0.2) is 65.6 Å². The minimum atomic E-state index is -3.80. The Labute approximate surface area is 185 Å². The second-order valence-electron chi connectivity index (χ2n) is 7.42. The number of nitrogens with two attached hydrogens (primary N) is 1. The maximum absolute atomic E-state index is 13.1. The van der Waals surface area contributed by atoms with Crippen LogP contribution in [0.5, 0.6) is 0 Å². The van der Waals surface area contributed by atoms with Gasteiger partial charge in [-0.15, -0.1) is 0 Å². The highest BCUT2D eigenvalue weighted by Gasteiger charge is 2.33. The normalized spacial score (nSPS) is 15.4. The average Bonchev–Trinajstić information content (AvgIpc) is 2.74. The molecule has 7 nitrogen and oxygen atoms in total. The smallest absolute Gasteiger partial charge is 0.243 e. The summed E-state index contributed by atoms with van der Waals surface area (Å²) in [6.45, 7) is 0.614. The molecule has 160 valence electrons. The van der Waals surface area contributed by atoms with Crippen molar-refractivity contribution in [2.45, 2.75) is 11.4 Å². The van der Waals surface area contributed by atoms with Crippen LogP contribution in [0.25, 0.3) is 10.8 Å². The van der Waals surface area contributed by atoms with Crippen molar-refractivity contribution >= 4 is 44.1 Å². The molecule has 0 atom stereocenters. The number of sulfonamides is 1. The highest BCUT2D eigenvalue weighted by atomic mass is 35.5. The summed E-state index contributed by atoms with van der Waals surface area (Å²) in [7, 11) is -3.80. The second kappa shape index (κ2) is 8.30. The first-order valence-corrected chi connectivity index (χ1v) is 11.5. The van der Waals surface area contributed by atoms with Gasteiger partial charge in [0.1, 0.15) is 5.84 Å². The van der Waals surface area contributed by atoms with E-state index in [1.807, 2.05) is 6.07 Å². The Morgan fingerprint density at radius 2 is 1.77 bits per heavy atom. The van der Waals surface area contributed by atoms with Crippen molar-refractivity contribution in [3.8, 4) is 0 Å². The number of amides is 1. The SMILES string of the molecule is N=C(N)c1cccc(CN2CCN(S(=O)(=O)c3ccc4cc(Cl)ccc4c3)CC2=O)c1. The van der Waals surface area contributed by atoms with Crippen LogP contribution in [-0.2, 0) is 21.4 Å². The van der Waals surface area contributed by atoms with Crippen molar-refractivity contribution in [2.75, 3.05) is 19.6 Å².